The van der Waals surface area contributed by atoms with E-state index in [4.69, 9.17) is 10.4 Å². The average molecular weight is 254 g/mol. The van der Waals surface area contributed by atoms with Gasteiger partial charge in [0.2, 0.25) is 0 Å². The Morgan fingerprint density at radius 3 is 2.39 bits per heavy atom. The topological polar surface area (TPSA) is 64.3 Å². The third-order valence-corrected chi connectivity index (χ3v) is 2.44. The molecule has 0 aliphatic heterocycles. The van der Waals surface area contributed by atoms with Gasteiger partial charge in [0, 0.05) is 13.1 Å². The van der Waals surface area contributed by atoms with Gasteiger partial charge in [-0.05, 0) is 19.1 Å². The number of hydrogen-bond acceptors (Lipinski definition) is 3. The third-order valence-electron chi connectivity index (χ3n) is 2.44. The van der Waals surface area contributed by atoms with Crippen LogP contribution in [0.4, 0.5) is 14.5 Å². The lowest BCUT2D eigenvalue weighted by atomic mass is 10.1. The van der Waals surface area contributed by atoms with E-state index in [-0.39, 0.29) is 30.8 Å². The highest BCUT2D eigenvalue weighted by molar-refractivity contribution is 5.67. The number of nitrogens with zero attached hydrogens (tertiary/aromatic N) is 2. The molecule has 1 aromatic rings. The van der Waals surface area contributed by atoms with Crippen LogP contribution in [0.1, 0.15) is 18.9 Å². The Morgan fingerprint density at radius 1 is 1.44 bits per heavy atom. The van der Waals surface area contributed by atoms with E-state index in [1.165, 1.54) is 4.90 Å². The Balaban J connectivity index is 3.06. The second-order valence-electron chi connectivity index (χ2n) is 3.62. The largest absolute Gasteiger partial charge is 0.481 e. The summed E-state index contributed by atoms with van der Waals surface area (Å²) >= 11 is 0. The molecule has 96 valence electrons. The van der Waals surface area contributed by atoms with Crippen LogP contribution in [0.15, 0.2) is 12.1 Å². The molecule has 0 aromatic heterocycles. The van der Waals surface area contributed by atoms with E-state index >= 15 is 0 Å². The predicted molar refractivity (Wildman–Crippen MR) is 61.2 cm³/mol. The number of carbonyl (C=O) groups is 1. The summed E-state index contributed by atoms with van der Waals surface area (Å²) in [5.41, 5.74) is -0.402. The molecule has 0 radical (unpaired) electrons. The SMILES string of the molecule is CCN(CCC(=O)O)c1c(F)cc(C#N)cc1F. The molecular weight excluding hydrogens is 242 g/mol. The van der Waals surface area contributed by atoms with Gasteiger partial charge in [0.15, 0.2) is 11.6 Å². The van der Waals surface area contributed by atoms with E-state index in [2.05, 4.69) is 0 Å². The molecule has 0 atom stereocenters. The molecule has 18 heavy (non-hydrogen) atoms. The molecule has 0 aliphatic carbocycles. The maximum Gasteiger partial charge on any atom is 0.305 e. The first-order chi connectivity index (χ1) is 8.49. The second kappa shape index (κ2) is 5.96. The van der Waals surface area contributed by atoms with Crippen LogP contribution >= 0.6 is 0 Å². The van der Waals surface area contributed by atoms with Crippen molar-refractivity contribution in [2.45, 2.75) is 13.3 Å². The van der Waals surface area contributed by atoms with Crippen molar-refractivity contribution in [3.63, 3.8) is 0 Å². The van der Waals surface area contributed by atoms with Crippen LogP contribution in [-0.4, -0.2) is 24.2 Å². The summed E-state index contributed by atoms with van der Waals surface area (Å²) in [5.74, 6) is -2.76. The first-order valence-electron chi connectivity index (χ1n) is 5.35. The third kappa shape index (κ3) is 3.17. The van der Waals surface area contributed by atoms with Crippen molar-refractivity contribution in [1.82, 2.24) is 0 Å². The molecular formula is C12H12F2N2O2. The molecule has 0 saturated heterocycles. The van der Waals surface area contributed by atoms with Crippen LogP contribution in [0.3, 0.4) is 0 Å². The predicted octanol–water partition coefficient (Wildman–Crippen LogP) is 2.14. The quantitative estimate of drug-likeness (QED) is 0.874. The summed E-state index contributed by atoms with van der Waals surface area (Å²) in [5, 5.41) is 17.1. The number of nitriles is 1. The maximum absolute atomic E-state index is 13.7. The fourth-order valence-corrected chi connectivity index (χ4v) is 1.59. The van der Waals surface area contributed by atoms with Gasteiger partial charge >= 0.3 is 5.97 Å². The van der Waals surface area contributed by atoms with Gasteiger partial charge in [-0.3, -0.25) is 4.79 Å². The van der Waals surface area contributed by atoms with Gasteiger partial charge in [-0.15, -0.1) is 0 Å². The molecule has 0 fully saturated rings. The van der Waals surface area contributed by atoms with E-state index in [0.29, 0.717) is 0 Å². The molecule has 4 nitrogen and oxygen atoms in total. The minimum absolute atomic E-state index is 0.00553. The molecule has 0 aliphatic rings. The standard InChI is InChI=1S/C12H12F2N2O2/c1-2-16(4-3-11(17)18)12-9(13)5-8(7-15)6-10(12)14/h5-6H,2-4H2,1H3,(H,17,18). The molecule has 0 saturated carbocycles. The summed E-state index contributed by atoms with van der Waals surface area (Å²) in [6.07, 6.45) is -0.216. The summed E-state index contributed by atoms with van der Waals surface area (Å²) in [6.45, 7) is 1.94. The number of carboxylic acids is 1. The van der Waals surface area contributed by atoms with Gasteiger partial charge in [-0.2, -0.15) is 5.26 Å². The lowest BCUT2D eigenvalue weighted by Crippen LogP contribution is -2.27. The van der Waals surface area contributed by atoms with Crippen molar-refractivity contribution < 1.29 is 18.7 Å². The van der Waals surface area contributed by atoms with Gasteiger partial charge in [-0.25, -0.2) is 8.78 Å². The zero-order valence-electron chi connectivity index (χ0n) is 9.78. The number of benzene rings is 1. The number of anilines is 1. The number of aliphatic carboxylic acids is 1. The average Bonchev–Trinajstić information content (AvgIpc) is 2.31. The van der Waals surface area contributed by atoms with Crippen LogP contribution in [0.25, 0.3) is 0 Å². The number of hydrogen-bond donors (Lipinski definition) is 1. The zero-order chi connectivity index (χ0) is 13.7. The summed E-state index contributed by atoms with van der Waals surface area (Å²) in [6, 6.07) is 3.52. The first-order valence-corrected chi connectivity index (χ1v) is 5.35. The summed E-state index contributed by atoms with van der Waals surface area (Å²) in [4.78, 5) is 11.8. The molecule has 6 heteroatoms. The number of halogens is 2. The van der Waals surface area contributed by atoms with E-state index in [9.17, 15) is 13.6 Å². The van der Waals surface area contributed by atoms with Crippen LogP contribution in [0.5, 0.6) is 0 Å². The minimum atomic E-state index is -1.04. The van der Waals surface area contributed by atoms with Crippen LogP contribution < -0.4 is 4.90 Å². The van der Waals surface area contributed by atoms with Crippen LogP contribution in [-0.2, 0) is 4.79 Å². The van der Waals surface area contributed by atoms with Crippen molar-refractivity contribution in [2.75, 3.05) is 18.0 Å². The summed E-state index contributed by atoms with van der Waals surface area (Å²) < 4.78 is 27.4. The van der Waals surface area contributed by atoms with Crippen molar-refractivity contribution >= 4 is 11.7 Å². The van der Waals surface area contributed by atoms with Crippen molar-refractivity contribution in [3.05, 3.63) is 29.3 Å². The normalized spacial score (nSPS) is 9.89. The van der Waals surface area contributed by atoms with Crippen molar-refractivity contribution in [3.8, 4) is 6.07 Å². The monoisotopic (exact) mass is 254 g/mol. The van der Waals surface area contributed by atoms with E-state index in [0.717, 1.165) is 12.1 Å². The maximum atomic E-state index is 13.7. The van der Waals surface area contributed by atoms with Gasteiger partial charge in [0.05, 0.1) is 18.1 Å². The minimum Gasteiger partial charge on any atom is -0.481 e. The Kier molecular flexibility index (Phi) is 4.60. The molecule has 1 rings (SSSR count). The Morgan fingerprint density at radius 2 is 2.00 bits per heavy atom. The van der Waals surface area contributed by atoms with Crippen LogP contribution in [0, 0.1) is 23.0 Å². The zero-order valence-corrected chi connectivity index (χ0v) is 9.78. The van der Waals surface area contributed by atoms with Gasteiger partial charge in [0.25, 0.3) is 0 Å². The highest BCUT2D eigenvalue weighted by Gasteiger charge is 2.17. The van der Waals surface area contributed by atoms with Gasteiger partial charge in [0.1, 0.15) is 5.69 Å². The van der Waals surface area contributed by atoms with Crippen molar-refractivity contribution in [2.24, 2.45) is 0 Å². The Hall–Kier alpha value is -2.16. The van der Waals surface area contributed by atoms with Crippen molar-refractivity contribution in [1.29, 1.82) is 5.26 Å². The highest BCUT2D eigenvalue weighted by atomic mass is 19.1. The number of rotatable bonds is 5. The Labute approximate surface area is 103 Å². The molecule has 1 N–H and O–H groups in total. The number of carboxylic acid groups (broad SMARTS) is 1. The van der Waals surface area contributed by atoms with E-state index < -0.39 is 17.6 Å². The van der Waals surface area contributed by atoms with Gasteiger partial charge < -0.3 is 10.0 Å². The van der Waals surface area contributed by atoms with E-state index in [1.807, 2.05) is 0 Å². The lowest BCUT2D eigenvalue weighted by molar-refractivity contribution is -0.136. The Bertz CT molecular complexity index is 474. The molecule has 0 spiro atoms. The molecule has 0 heterocycles. The smallest absolute Gasteiger partial charge is 0.305 e. The second-order valence-corrected chi connectivity index (χ2v) is 3.62. The highest BCUT2D eigenvalue weighted by Crippen LogP contribution is 2.24. The first kappa shape index (κ1) is 13.9. The molecule has 0 unspecified atom stereocenters. The molecule has 0 amide bonds. The van der Waals surface area contributed by atoms with E-state index in [1.54, 1.807) is 13.0 Å². The molecule has 0 bridgehead atoms. The fourth-order valence-electron chi connectivity index (χ4n) is 1.59. The summed E-state index contributed by atoms with van der Waals surface area (Å²) in [7, 11) is 0. The fraction of sp³-hybridized carbons (Fsp3) is 0.333. The lowest BCUT2D eigenvalue weighted by Gasteiger charge is -2.23. The van der Waals surface area contributed by atoms with Gasteiger partial charge in [-0.1, -0.05) is 0 Å². The molecule has 1 aromatic carbocycles. The van der Waals surface area contributed by atoms with Crippen LogP contribution in [0.2, 0.25) is 0 Å².